The largest absolute Gasteiger partial charge is 0.493 e. The van der Waals surface area contributed by atoms with Crippen molar-refractivity contribution in [3.8, 4) is 28.7 Å². The number of pyridine rings is 1. The van der Waals surface area contributed by atoms with Crippen molar-refractivity contribution in [1.29, 1.82) is 0 Å². The molecule has 1 fully saturated rings. The zero-order valence-electron chi connectivity index (χ0n) is 22.3. The Hall–Kier alpha value is -3.51. The van der Waals surface area contributed by atoms with Crippen LogP contribution in [0, 0.1) is 12.8 Å². The van der Waals surface area contributed by atoms with Crippen molar-refractivity contribution in [2.24, 2.45) is 5.92 Å². The number of hydrogen-bond acceptors (Lipinski definition) is 6. The van der Waals surface area contributed by atoms with Gasteiger partial charge in [0.25, 0.3) is 5.89 Å². The Morgan fingerprint density at radius 1 is 0.946 bits per heavy atom. The van der Waals surface area contributed by atoms with Gasteiger partial charge in [0.15, 0.2) is 0 Å². The predicted molar refractivity (Wildman–Crippen MR) is 146 cm³/mol. The number of aryl methyl sites for hydroxylation is 1. The third-order valence-electron chi connectivity index (χ3n) is 7.04. The second kappa shape index (κ2) is 10.9. The topological polar surface area (TPSA) is 64.3 Å². The van der Waals surface area contributed by atoms with E-state index in [-0.39, 0.29) is 5.41 Å². The van der Waals surface area contributed by atoms with Crippen LogP contribution < -0.4 is 4.74 Å². The molecule has 37 heavy (non-hydrogen) atoms. The van der Waals surface area contributed by atoms with E-state index >= 15 is 0 Å². The summed E-state index contributed by atoms with van der Waals surface area (Å²) >= 11 is 0. The van der Waals surface area contributed by atoms with Crippen molar-refractivity contribution in [2.45, 2.75) is 52.5 Å². The summed E-state index contributed by atoms with van der Waals surface area (Å²) in [5, 5.41) is 4.11. The standard InChI is InChI=1S/C31H36N4O2/c1-22-7-5-10-28(32-22)29-33-30(37-34-29)25-8-6-9-27(19-25)36-21-24-15-17-35(18-16-24)20-23-11-13-26(14-12-23)31(2,3)4/h5-14,19,24H,15-18,20-21H2,1-4H3. The highest BCUT2D eigenvalue weighted by Crippen LogP contribution is 2.27. The summed E-state index contributed by atoms with van der Waals surface area (Å²) in [6, 6.07) is 22.8. The Balaban J connectivity index is 1.12. The molecule has 192 valence electrons. The van der Waals surface area contributed by atoms with E-state index in [0.29, 0.717) is 23.3 Å². The van der Waals surface area contributed by atoms with E-state index in [9.17, 15) is 0 Å². The first kappa shape index (κ1) is 25.2. The summed E-state index contributed by atoms with van der Waals surface area (Å²) in [7, 11) is 0. The highest BCUT2D eigenvalue weighted by atomic mass is 16.5. The maximum atomic E-state index is 6.19. The number of likely N-dealkylation sites (tertiary alicyclic amines) is 1. The number of nitrogens with zero attached hydrogens (tertiary/aromatic N) is 4. The molecule has 0 radical (unpaired) electrons. The van der Waals surface area contributed by atoms with E-state index in [1.165, 1.54) is 11.1 Å². The van der Waals surface area contributed by atoms with Gasteiger partial charge in [0.05, 0.1) is 6.61 Å². The fourth-order valence-corrected chi connectivity index (χ4v) is 4.72. The van der Waals surface area contributed by atoms with Crippen molar-refractivity contribution >= 4 is 0 Å². The Morgan fingerprint density at radius 2 is 1.70 bits per heavy atom. The molecule has 3 heterocycles. The summed E-state index contributed by atoms with van der Waals surface area (Å²) in [6.07, 6.45) is 2.30. The van der Waals surface area contributed by atoms with Gasteiger partial charge in [0.2, 0.25) is 5.82 Å². The summed E-state index contributed by atoms with van der Waals surface area (Å²) < 4.78 is 11.7. The van der Waals surface area contributed by atoms with Gasteiger partial charge in [0.1, 0.15) is 11.4 Å². The lowest BCUT2D eigenvalue weighted by Gasteiger charge is -2.32. The molecular weight excluding hydrogens is 460 g/mol. The van der Waals surface area contributed by atoms with Gasteiger partial charge in [-0.05, 0) is 85.6 Å². The van der Waals surface area contributed by atoms with Crippen molar-refractivity contribution in [1.82, 2.24) is 20.0 Å². The van der Waals surface area contributed by atoms with Gasteiger partial charge in [-0.3, -0.25) is 4.90 Å². The first-order valence-electron chi connectivity index (χ1n) is 13.2. The number of rotatable bonds is 7. The Labute approximate surface area is 219 Å². The quantitative estimate of drug-likeness (QED) is 0.284. The minimum absolute atomic E-state index is 0.198. The molecule has 1 aliphatic heterocycles. The molecule has 5 rings (SSSR count). The fraction of sp³-hybridized carbons (Fsp3) is 0.387. The molecule has 0 N–H and O–H groups in total. The molecule has 0 atom stereocenters. The Morgan fingerprint density at radius 3 is 2.43 bits per heavy atom. The molecule has 6 nitrogen and oxygen atoms in total. The third kappa shape index (κ3) is 6.44. The smallest absolute Gasteiger partial charge is 0.258 e. The van der Waals surface area contributed by atoms with Gasteiger partial charge in [-0.1, -0.05) is 62.3 Å². The molecule has 0 bridgehead atoms. The van der Waals surface area contributed by atoms with Crippen LogP contribution >= 0.6 is 0 Å². The number of aromatic nitrogens is 3. The molecule has 2 aromatic carbocycles. The van der Waals surface area contributed by atoms with Gasteiger partial charge < -0.3 is 9.26 Å². The van der Waals surface area contributed by atoms with Crippen LogP contribution in [0.4, 0.5) is 0 Å². The highest BCUT2D eigenvalue weighted by molar-refractivity contribution is 5.59. The van der Waals surface area contributed by atoms with Gasteiger partial charge in [-0.25, -0.2) is 4.98 Å². The minimum atomic E-state index is 0.198. The summed E-state index contributed by atoms with van der Waals surface area (Å²) in [5.74, 6) is 2.34. The molecular formula is C31H36N4O2. The summed E-state index contributed by atoms with van der Waals surface area (Å²) in [4.78, 5) is 11.6. The lowest BCUT2D eigenvalue weighted by atomic mass is 9.86. The highest BCUT2D eigenvalue weighted by Gasteiger charge is 2.21. The van der Waals surface area contributed by atoms with Gasteiger partial charge >= 0.3 is 0 Å². The van der Waals surface area contributed by atoms with Gasteiger partial charge in [-0.2, -0.15) is 4.98 Å². The fourth-order valence-electron chi connectivity index (χ4n) is 4.72. The van der Waals surface area contributed by atoms with Crippen LogP contribution in [0.1, 0.15) is 50.4 Å². The minimum Gasteiger partial charge on any atom is -0.493 e. The van der Waals surface area contributed by atoms with Crippen LogP contribution in [0.25, 0.3) is 23.0 Å². The first-order chi connectivity index (χ1) is 17.8. The summed E-state index contributed by atoms with van der Waals surface area (Å²) in [5.41, 5.74) is 5.44. The van der Waals surface area contributed by atoms with Crippen LogP contribution in [0.3, 0.4) is 0 Å². The van der Waals surface area contributed by atoms with E-state index in [2.05, 4.69) is 65.1 Å². The first-order valence-corrected chi connectivity index (χ1v) is 13.2. The average Bonchev–Trinajstić information content (AvgIpc) is 3.39. The van der Waals surface area contributed by atoms with Crippen LogP contribution in [0.15, 0.2) is 71.3 Å². The normalized spacial score (nSPS) is 15.1. The van der Waals surface area contributed by atoms with Gasteiger partial charge in [-0.15, -0.1) is 0 Å². The molecule has 0 unspecified atom stereocenters. The number of benzene rings is 2. The molecule has 0 amide bonds. The van der Waals surface area contributed by atoms with Crippen molar-refractivity contribution in [2.75, 3.05) is 19.7 Å². The van der Waals surface area contributed by atoms with Crippen LogP contribution in [0.2, 0.25) is 0 Å². The maximum absolute atomic E-state index is 6.19. The SMILES string of the molecule is Cc1cccc(-c2noc(-c3cccc(OCC4CCN(Cc5ccc(C(C)(C)C)cc5)CC4)c3)n2)n1. The van der Waals surface area contributed by atoms with Crippen LogP contribution in [-0.2, 0) is 12.0 Å². The predicted octanol–water partition coefficient (Wildman–Crippen LogP) is 6.70. The lowest BCUT2D eigenvalue weighted by molar-refractivity contribution is 0.137. The van der Waals surface area contributed by atoms with E-state index in [1.807, 2.05) is 49.4 Å². The third-order valence-corrected chi connectivity index (χ3v) is 7.04. The molecule has 6 heteroatoms. The van der Waals surface area contributed by atoms with Crippen LogP contribution in [0.5, 0.6) is 5.75 Å². The van der Waals surface area contributed by atoms with E-state index in [4.69, 9.17) is 9.26 Å². The van der Waals surface area contributed by atoms with Gasteiger partial charge in [0, 0.05) is 17.8 Å². The maximum Gasteiger partial charge on any atom is 0.258 e. The number of piperidine rings is 1. The van der Waals surface area contributed by atoms with Crippen LogP contribution in [-0.4, -0.2) is 39.7 Å². The molecule has 1 aliphatic rings. The van der Waals surface area contributed by atoms with Crippen molar-refractivity contribution in [3.63, 3.8) is 0 Å². The zero-order valence-corrected chi connectivity index (χ0v) is 22.3. The molecule has 1 saturated heterocycles. The lowest BCUT2D eigenvalue weighted by Crippen LogP contribution is -2.35. The van der Waals surface area contributed by atoms with E-state index < -0.39 is 0 Å². The molecule has 0 spiro atoms. The average molecular weight is 497 g/mol. The van der Waals surface area contributed by atoms with Crippen molar-refractivity contribution in [3.05, 3.63) is 83.6 Å². The Bertz CT molecular complexity index is 1320. The molecule has 4 aromatic rings. The van der Waals surface area contributed by atoms with Crippen molar-refractivity contribution < 1.29 is 9.26 Å². The second-order valence-electron chi connectivity index (χ2n) is 11.1. The number of hydrogen-bond donors (Lipinski definition) is 0. The zero-order chi connectivity index (χ0) is 25.8. The second-order valence-corrected chi connectivity index (χ2v) is 11.1. The Kier molecular flexibility index (Phi) is 7.38. The molecule has 2 aromatic heterocycles. The van der Waals surface area contributed by atoms with E-state index in [0.717, 1.165) is 56.1 Å². The monoisotopic (exact) mass is 496 g/mol. The molecule has 0 saturated carbocycles. The van der Waals surface area contributed by atoms with E-state index in [1.54, 1.807) is 0 Å². The summed E-state index contributed by atoms with van der Waals surface area (Å²) in [6.45, 7) is 12.7. The molecule has 0 aliphatic carbocycles. The number of ether oxygens (including phenoxy) is 1.